The Morgan fingerprint density at radius 2 is 2.33 bits per heavy atom. The van der Waals surface area contributed by atoms with E-state index in [9.17, 15) is 4.79 Å². The molecule has 0 amide bonds. The van der Waals surface area contributed by atoms with E-state index in [0.29, 0.717) is 0 Å². The second-order valence-corrected chi connectivity index (χ2v) is 3.94. The van der Waals surface area contributed by atoms with Crippen molar-refractivity contribution < 1.29 is 0 Å². The molecule has 0 aliphatic heterocycles. The van der Waals surface area contributed by atoms with Crippen LogP contribution in [0.2, 0.25) is 0 Å². The van der Waals surface area contributed by atoms with Gasteiger partial charge in [0.25, 0.3) is 5.56 Å². The van der Waals surface area contributed by atoms with Crippen LogP contribution in [0.25, 0.3) is 0 Å². The summed E-state index contributed by atoms with van der Waals surface area (Å²) in [5.74, 6) is 0. The van der Waals surface area contributed by atoms with Crippen LogP contribution < -0.4 is 5.56 Å². The Kier molecular flexibility index (Phi) is 1.37. The fraction of sp³-hybridized carbons (Fsp3) is 0.556. The van der Waals surface area contributed by atoms with E-state index in [4.69, 9.17) is 0 Å². The maximum Gasteiger partial charge on any atom is 0.254 e. The van der Waals surface area contributed by atoms with Crippen molar-refractivity contribution in [3.63, 3.8) is 0 Å². The van der Waals surface area contributed by atoms with Crippen LogP contribution in [-0.2, 0) is 11.8 Å². The topological polar surface area (TPSA) is 45.8 Å². The van der Waals surface area contributed by atoms with Gasteiger partial charge in [-0.05, 0) is 18.3 Å². The lowest BCUT2D eigenvalue weighted by molar-refractivity contribution is 0.517. The third-order valence-electron chi connectivity index (χ3n) is 2.60. The van der Waals surface area contributed by atoms with Gasteiger partial charge in [-0.1, -0.05) is 13.8 Å². The smallest absolute Gasteiger partial charge is 0.254 e. The average molecular weight is 164 g/mol. The number of hydrogen-bond acceptors (Lipinski definition) is 2. The number of aromatic nitrogens is 2. The Hall–Kier alpha value is -1.12. The van der Waals surface area contributed by atoms with Gasteiger partial charge in [-0.25, -0.2) is 4.98 Å². The number of aromatic amines is 1. The fourth-order valence-electron chi connectivity index (χ4n) is 1.88. The van der Waals surface area contributed by atoms with E-state index in [1.54, 1.807) is 0 Å². The molecule has 0 unspecified atom stereocenters. The highest BCUT2D eigenvalue weighted by Crippen LogP contribution is 2.33. The summed E-state index contributed by atoms with van der Waals surface area (Å²) in [6, 6.07) is 0. The lowest BCUT2D eigenvalue weighted by Gasteiger charge is -2.16. The molecule has 0 atom stereocenters. The summed E-state index contributed by atoms with van der Waals surface area (Å²) < 4.78 is 0. The summed E-state index contributed by atoms with van der Waals surface area (Å²) in [7, 11) is 0. The molecule has 0 aromatic carbocycles. The minimum Gasteiger partial charge on any atom is -0.313 e. The number of aryl methyl sites for hydroxylation is 1. The Bertz CT molecular complexity index is 365. The summed E-state index contributed by atoms with van der Waals surface area (Å²) in [4.78, 5) is 18.2. The molecule has 0 fully saturated rings. The highest BCUT2D eigenvalue weighted by Gasteiger charge is 2.33. The molecule has 1 aliphatic rings. The van der Waals surface area contributed by atoms with Crippen LogP contribution in [0.1, 0.15) is 31.5 Å². The summed E-state index contributed by atoms with van der Waals surface area (Å²) in [6.07, 6.45) is 3.46. The Morgan fingerprint density at radius 1 is 1.58 bits per heavy atom. The van der Waals surface area contributed by atoms with E-state index in [2.05, 4.69) is 23.8 Å². The molecule has 3 heteroatoms. The van der Waals surface area contributed by atoms with Crippen molar-refractivity contribution >= 4 is 0 Å². The minimum absolute atomic E-state index is 0.0111. The molecule has 1 heterocycles. The van der Waals surface area contributed by atoms with Gasteiger partial charge in [-0.15, -0.1) is 0 Å². The SMILES string of the molecule is CC1(C)CCc2nc[nH]c(=O)c21. The molecule has 0 saturated carbocycles. The molecular weight excluding hydrogens is 152 g/mol. The molecule has 0 spiro atoms. The van der Waals surface area contributed by atoms with Gasteiger partial charge in [0.2, 0.25) is 0 Å². The summed E-state index contributed by atoms with van der Waals surface area (Å²) in [5, 5.41) is 0. The molecule has 1 aliphatic carbocycles. The zero-order valence-corrected chi connectivity index (χ0v) is 7.35. The van der Waals surface area contributed by atoms with E-state index in [0.717, 1.165) is 24.1 Å². The van der Waals surface area contributed by atoms with Crippen molar-refractivity contribution in [2.24, 2.45) is 0 Å². The normalized spacial score (nSPS) is 19.2. The van der Waals surface area contributed by atoms with E-state index in [1.165, 1.54) is 6.33 Å². The second kappa shape index (κ2) is 2.19. The summed E-state index contributed by atoms with van der Waals surface area (Å²) >= 11 is 0. The number of fused-ring (bicyclic) bond motifs is 1. The van der Waals surface area contributed by atoms with Crippen molar-refractivity contribution in [3.8, 4) is 0 Å². The highest BCUT2D eigenvalue weighted by molar-refractivity contribution is 5.30. The number of H-pyrrole nitrogens is 1. The maximum absolute atomic E-state index is 11.4. The minimum atomic E-state index is 0.0111. The highest BCUT2D eigenvalue weighted by atomic mass is 16.1. The molecular formula is C9H12N2O. The maximum atomic E-state index is 11.4. The second-order valence-electron chi connectivity index (χ2n) is 3.94. The predicted octanol–water partition coefficient (Wildman–Crippen LogP) is 0.994. The monoisotopic (exact) mass is 164 g/mol. The van der Waals surface area contributed by atoms with Gasteiger partial charge in [0.05, 0.1) is 12.0 Å². The van der Waals surface area contributed by atoms with Gasteiger partial charge >= 0.3 is 0 Å². The zero-order chi connectivity index (χ0) is 8.77. The van der Waals surface area contributed by atoms with E-state index >= 15 is 0 Å². The first-order valence-electron chi connectivity index (χ1n) is 4.18. The molecule has 1 N–H and O–H groups in total. The number of nitrogens with zero attached hydrogens (tertiary/aromatic N) is 1. The predicted molar refractivity (Wildman–Crippen MR) is 46.2 cm³/mol. The van der Waals surface area contributed by atoms with Gasteiger partial charge in [-0.3, -0.25) is 4.79 Å². The zero-order valence-electron chi connectivity index (χ0n) is 7.35. The quantitative estimate of drug-likeness (QED) is 0.621. The third-order valence-corrected chi connectivity index (χ3v) is 2.60. The van der Waals surface area contributed by atoms with Gasteiger partial charge in [-0.2, -0.15) is 0 Å². The van der Waals surface area contributed by atoms with Gasteiger partial charge < -0.3 is 4.98 Å². The molecule has 2 rings (SSSR count). The van der Waals surface area contributed by atoms with Crippen LogP contribution >= 0.6 is 0 Å². The Morgan fingerprint density at radius 3 is 3.00 bits per heavy atom. The number of rotatable bonds is 0. The van der Waals surface area contributed by atoms with Crippen LogP contribution in [-0.4, -0.2) is 9.97 Å². The Balaban J connectivity index is 2.72. The molecule has 0 saturated heterocycles. The van der Waals surface area contributed by atoms with Crippen LogP contribution in [0.4, 0.5) is 0 Å². The van der Waals surface area contributed by atoms with Crippen LogP contribution in [0.15, 0.2) is 11.1 Å². The van der Waals surface area contributed by atoms with E-state index in [1.807, 2.05) is 0 Å². The van der Waals surface area contributed by atoms with Crippen LogP contribution in [0.5, 0.6) is 0 Å². The first-order valence-corrected chi connectivity index (χ1v) is 4.18. The summed E-state index contributed by atoms with van der Waals surface area (Å²) in [6.45, 7) is 4.19. The van der Waals surface area contributed by atoms with Gasteiger partial charge in [0, 0.05) is 5.56 Å². The van der Waals surface area contributed by atoms with Crippen molar-refractivity contribution in [1.29, 1.82) is 0 Å². The molecule has 1 aromatic heterocycles. The molecule has 0 radical (unpaired) electrons. The van der Waals surface area contributed by atoms with Crippen molar-refractivity contribution in [3.05, 3.63) is 27.9 Å². The Labute approximate surface area is 70.9 Å². The first kappa shape index (κ1) is 7.53. The lowest BCUT2D eigenvalue weighted by Crippen LogP contribution is -2.24. The molecule has 1 aromatic rings. The largest absolute Gasteiger partial charge is 0.313 e. The molecule has 64 valence electrons. The lowest BCUT2D eigenvalue weighted by atomic mass is 9.88. The average Bonchev–Trinajstić information content (AvgIpc) is 2.29. The molecule has 3 nitrogen and oxygen atoms in total. The van der Waals surface area contributed by atoms with Crippen LogP contribution in [0, 0.1) is 0 Å². The van der Waals surface area contributed by atoms with Crippen molar-refractivity contribution in [2.75, 3.05) is 0 Å². The standard InChI is InChI=1S/C9H12N2O/c1-9(2)4-3-6-7(9)8(12)11-5-10-6/h5H,3-4H2,1-2H3,(H,10,11,12). The van der Waals surface area contributed by atoms with E-state index in [-0.39, 0.29) is 11.0 Å². The van der Waals surface area contributed by atoms with E-state index < -0.39 is 0 Å². The fourth-order valence-corrected chi connectivity index (χ4v) is 1.88. The third kappa shape index (κ3) is 0.891. The summed E-state index contributed by atoms with van der Waals surface area (Å²) in [5.41, 5.74) is 1.90. The molecule has 0 bridgehead atoms. The van der Waals surface area contributed by atoms with Crippen molar-refractivity contribution in [1.82, 2.24) is 9.97 Å². The molecule has 12 heavy (non-hydrogen) atoms. The van der Waals surface area contributed by atoms with Crippen molar-refractivity contribution in [2.45, 2.75) is 32.1 Å². The van der Waals surface area contributed by atoms with Crippen LogP contribution in [0.3, 0.4) is 0 Å². The van der Waals surface area contributed by atoms with Gasteiger partial charge in [0.15, 0.2) is 0 Å². The first-order chi connectivity index (χ1) is 5.61. The number of hydrogen-bond donors (Lipinski definition) is 1. The number of nitrogens with one attached hydrogen (secondary N) is 1. The van der Waals surface area contributed by atoms with Gasteiger partial charge in [0.1, 0.15) is 0 Å².